The zero-order valence-electron chi connectivity index (χ0n) is 21.4. The Labute approximate surface area is 211 Å². The van der Waals surface area contributed by atoms with Gasteiger partial charge in [-0.2, -0.15) is 0 Å². The highest BCUT2D eigenvalue weighted by atomic mass is 32.1. The number of nitrogens with zero attached hydrogens (tertiary/aromatic N) is 5. The first-order valence-electron chi connectivity index (χ1n) is 12.7. The summed E-state index contributed by atoms with van der Waals surface area (Å²) < 4.78 is 0. The maximum absolute atomic E-state index is 13.5. The van der Waals surface area contributed by atoms with E-state index in [4.69, 9.17) is 10.7 Å². The van der Waals surface area contributed by atoms with Crippen LogP contribution in [0, 0.1) is 13.8 Å². The first kappa shape index (κ1) is 24.2. The number of pyridine rings is 1. The molecule has 3 aliphatic heterocycles. The van der Waals surface area contributed by atoms with E-state index in [-0.39, 0.29) is 17.9 Å². The number of aromatic nitrogens is 1. The van der Waals surface area contributed by atoms with Crippen LogP contribution in [0.3, 0.4) is 0 Å². The number of nitrogen functional groups attached to an aromatic ring is 1. The molecule has 188 valence electrons. The maximum Gasteiger partial charge on any atom is 0.257 e. The molecule has 35 heavy (non-hydrogen) atoms. The van der Waals surface area contributed by atoms with Crippen LogP contribution in [-0.4, -0.2) is 81.1 Å². The van der Waals surface area contributed by atoms with Gasteiger partial charge in [-0.15, -0.1) is 0 Å². The third-order valence-corrected chi connectivity index (χ3v) is 8.92. The van der Waals surface area contributed by atoms with Crippen LogP contribution >= 0.6 is 11.3 Å². The van der Waals surface area contributed by atoms with Crippen LogP contribution in [0.4, 0.5) is 5.00 Å². The molecule has 2 saturated heterocycles. The lowest BCUT2D eigenvalue weighted by Gasteiger charge is -2.44. The van der Waals surface area contributed by atoms with E-state index in [9.17, 15) is 9.59 Å². The van der Waals surface area contributed by atoms with Crippen molar-refractivity contribution >= 4 is 44.2 Å². The van der Waals surface area contributed by atoms with Crippen molar-refractivity contribution in [2.75, 3.05) is 31.9 Å². The van der Waals surface area contributed by atoms with Crippen molar-refractivity contribution in [3.05, 3.63) is 22.9 Å². The SMILES string of the molecule is CC1=NC2(CCCN(C3CCN(C(=O)c4c(N)sc5nc(C)c(C)cc45)CC3)C2)C(=O)N1C(C)C. The van der Waals surface area contributed by atoms with E-state index in [0.29, 0.717) is 36.2 Å². The monoisotopic (exact) mass is 496 g/mol. The third kappa shape index (κ3) is 4.02. The molecule has 0 radical (unpaired) electrons. The van der Waals surface area contributed by atoms with E-state index in [1.165, 1.54) is 11.3 Å². The number of aryl methyl sites for hydroxylation is 2. The molecule has 1 unspecified atom stereocenters. The van der Waals surface area contributed by atoms with E-state index in [1.54, 1.807) is 0 Å². The van der Waals surface area contributed by atoms with Gasteiger partial charge in [-0.05, 0) is 78.5 Å². The Bertz CT molecular complexity index is 1210. The number of amidine groups is 1. The molecular formula is C26H36N6O2S. The van der Waals surface area contributed by atoms with Gasteiger partial charge >= 0.3 is 0 Å². The fourth-order valence-electron chi connectivity index (χ4n) is 6.08. The first-order chi connectivity index (χ1) is 16.6. The smallest absolute Gasteiger partial charge is 0.257 e. The van der Waals surface area contributed by atoms with Crippen LogP contribution in [-0.2, 0) is 4.79 Å². The predicted octanol–water partition coefficient (Wildman–Crippen LogP) is 3.60. The highest BCUT2D eigenvalue weighted by Gasteiger charge is 2.51. The van der Waals surface area contributed by atoms with Crippen LogP contribution in [0.25, 0.3) is 10.2 Å². The average Bonchev–Trinajstić information content (AvgIpc) is 3.25. The number of amides is 2. The number of piperidine rings is 2. The van der Waals surface area contributed by atoms with E-state index in [2.05, 4.69) is 9.88 Å². The zero-order valence-corrected chi connectivity index (χ0v) is 22.2. The Morgan fingerprint density at radius 3 is 2.57 bits per heavy atom. The van der Waals surface area contributed by atoms with Gasteiger partial charge in [0.2, 0.25) is 0 Å². The summed E-state index contributed by atoms with van der Waals surface area (Å²) in [5, 5.41) is 1.41. The van der Waals surface area contributed by atoms with Crippen LogP contribution in [0.15, 0.2) is 11.1 Å². The van der Waals surface area contributed by atoms with Crippen LogP contribution in [0.2, 0.25) is 0 Å². The lowest BCUT2D eigenvalue weighted by atomic mass is 9.87. The average molecular weight is 497 g/mol. The Kier molecular flexibility index (Phi) is 6.12. The molecular weight excluding hydrogens is 460 g/mol. The fraction of sp³-hybridized carbons (Fsp3) is 0.615. The number of aliphatic imine (C=N–C) groups is 1. The van der Waals surface area contributed by atoms with Gasteiger partial charge in [0, 0.05) is 42.8 Å². The Morgan fingerprint density at radius 1 is 1.20 bits per heavy atom. The number of likely N-dealkylation sites (tertiary alicyclic amines) is 2. The molecule has 2 aromatic heterocycles. The molecule has 3 aliphatic rings. The van der Waals surface area contributed by atoms with Crippen LogP contribution in [0.1, 0.15) is 68.1 Å². The molecule has 2 aromatic rings. The third-order valence-electron chi connectivity index (χ3n) is 7.99. The molecule has 9 heteroatoms. The molecule has 0 bridgehead atoms. The van der Waals surface area contributed by atoms with E-state index >= 15 is 0 Å². The molecule has 2 fully saturated rings. The molecule has 8 nitrogen and oxygen atoms in total. The number of carbonyl (C=O) groups is 2. The number of carbonyl (C=O) groups excluding carboxylic acids is 2. The van der Waals surface area contributed by atoms with Gasteiger partial charge in [-0.25, -0.2) is 4.98 Å². The molecule has 0 aromatic carbocycles. The van der Waals surface area contributed by atoms with Gasteiger partial charge in [0.15, 0.2) is 5.54 Å². The number of rotatable bonds is 3. The minimum absolute atomic E-state index is 0.00568. The van der Waals surface area contributed by atoms with Crippen LogP contribution in [0.5, 0.6) is 0 Å². The van der Waals surface area contributed by atoms with Crippen LogP contribution < -0.4 is 5.73 Å². The second kappa shape index (κ2) is 8.85. The summed E-state index contributed by atoms with van der Waals surface area (Å²) in [6.45, 7) is 13.1. The zero-order chi connectivity index (χ0) is 25.1. The first-order valence-corrected chi connectivity index (χ1v) is 13.5. The van der Waals surface area contributed by atoms with Crippen molar-refractivity contribution in [3.63, 3.8) is 0 Å². The topological polar surface area (TPSA) is 95.1 Å². The van der Waals surface area contributed by atoms with Crippen molar-refractivity contribution in [2.24, 2.45) is 4.99 Å². The van der Waals surface area contributed by atoms with Gasteiger partial charge in [0.25, 0.3) is 11.8 Å². The molecule has 0 aliphatic carbocycles. The summed E-state index contributed by atoms with van der Waals surface area (Å²) in [6, 6.07) is 2.52. The normalized spacial score (nSPS) is 24.3. The largest absolute Gasteiger partial charge is 0.390 e. The quantitative estimate of drug-likeness (QED) is 0.701. The molecule has 5 heterocycles. The minimum Gasteiger partial charge on any atom is -0.390 e. The lowest BCUT2D eigenvalue weighted by Crippen LogP contribution is -2.58. The molecule has 0 saturated carbocycles. The van der Waals surface area contributed by atoms with Crippen molar-refractivity contribution in [1.29, 1.82) is 0 Å². The summed E-state index contributed by atoms with van der Waals surface area (Å²) in [6.07, 6.45) is 3.57. The van der Waals surface area contributed by atoms with E-state index in [0.717, 1.165) is 59.5 Å². The highest BCUT2D eigenvalue weighted by Crippen LogP contribution is 2.37. The highest BCUT2D eigenvalue weighted by molar-refractivity contribution is 7.22. The van der Waals surface area contributed by atoms with E-state index < -0.39 is 5.54 Å². The number of hydrogen-bond acceptors (Lipinski definition) is 7. The number of anilines is 1. The summed E-state index contributed by atoms with van der Waals surface area (Å²) >= 11 is 1.39. The second-order valence-electron chi connectivity index (χ2n) is 10.6. The number of fused-ring (bicyclic) bond motifs is 1. The number of nitrogens with two attached hydrogens (primary N) is 1. The van der Waals surface area contributed by atoms with Crippen molar-refractivity contribution in [1.82, 2.24) is 19.7 Å². The summed E-state index contributed by atoms with van der Waals surface area (Å²) in [4.78, 5) is 43.5. The van der Waals surface area contributed by atoms with Gasteiger partial charge in [0.05, 0.1) is 5.56 Å². The summed E-state index contributed by atoms with van der Waals surface area (Å²) in [5.41, 5.74) is 8.31. The van der Waals surface area contributed by atoms with Crippen molar-refractivity contribution < 1.29 is 9.59 Å². The Balaban J connectivity index is 1.28. The molecule has 1 spiro atoms. The van der Waals surface area contributed by atoms with Crippen molar-refractivity contribution in [2.45, 2.75) is 77.9 Å². The summed E-state index contributed by atoms with van der Waals surface area (Å²) in [7, 11) is 0. The standard InChI is InChI=1S/C26H36N6O2S/c1-15(2)32-18(5)29-26(25(32)34)9-6-10-31(14-26)19-7-11-30(12-8-19)24(33)21-20-13-16(3)17(4)28-23(20)35-22(21)27/h13,15,19H,6-12,14,27H2,1-5H3. The van der Waals surface area contributed by atoms with Gasteiger partial charge in [0.1, 0.15) is 15.7 Å². The minimum atomic E-state index is -0.632. The predicted molar refractivity (Wildman–Crippen MR) is 141 cm³/mol. The maximum atomic E-state index is 13.5. The molecule has 2 N–H and O–H groups in total. The number of hydrogen-bond donors (Lipinski definition) is 1. The Hall–Kier alpha value is -2.52. The fourth-order valence-corrected chi connectivity index (χ4v) is 7.04. The van der Waals surface area contributed by atoms with Gasteiger partial charge < -0.3 is 10.6 Å². The van der Waals surface area contributed by atoms with Gasteiger partial charge in [-0.1, -0.05) is 11.3 Å². The Morgan fingerprint density at radius 2 is 1.91 bits per heavy atom. The molecule has 1 atom stereocenters. The molecule has 2 amide bonds. The lowest BCUT2D eigenvalue weighted by molar-refractivity contribution is -0.134. The van der Waals surface area contributed by atoms with E-state index in [1.807, 2.05) is 50.5 Å². The summed E-state index contributed by atoms with van der Waals surface area (Å²) in [5.74, 6) is 1.00. The number of thiophene rings is 1. The second-order valence-corrected chi connectivity index (χ2v) is 11.7. The van der Waals surface area contributed by atoms with Gasteiger partial charge in [-0.3, -0.25) is 24.4 Å². The van der Waals surface area contributed by atoms with Crippen molar-refractivity contribution in [3.8, 4) is 0 Å². The molecule has 5 rings (SSSR count).